The maximum absolute atomic E-state index is 2.50. The van der Waals surface area contributed by atoms with Crippen LogP contribution in [0.5, 0.6) is 0 Å². The van der Waals surface area contributed by atoms with Crippen molar-refractivity contribution >= 4 is 20.1 Å². The molecule has 0 heterocycles. The van der Waals surface area contributed by atoms with Gasteiger partial charge in [0.25, 0.3) is 0 Å². The van der Waals surface area contributed by atoms with Gasteiger partial charge in [-0.05, 0) is 24.0 Å². The Morgan fingerprint density at radius 3 is 1.75 bits per heavy atom. The Bertz CT molecular complexity index is 1300. The van der Waals surface area contributed by atoms with Gasteiger partial charge in [-0.1, -0.05) is 60.7 Å². The van der Waals surface area contributed by atoms with Crippen molar-refractivity contribution in [1.82, 2.24) is 0 Å². The van der Waals surface area contributed by atoms with Crippen LogP contribution in [0.15, 0.2) is 121 Å². The fourth-order valence-corrected chi connectivity index (χ4v) is 12.6. The van der Waals surface area contributed by atoms with Gasteiger partial charge in [0.1, 0.15) is 0 Å². The summed E-state index contributed by atoms with van der Waals surface area (Å²) in [6.45, 7) is 4.83. The first kappa shape index (κ1) is 25.3. The summed E-state index contributed by atoms with van der Waals surface area (Å²) in [7, 11) is 0.00476. The first-order valence-corrected chi connectivity index (χ1v) is 17.9. The van der Waals surface area contributed by atoms with Crippen molar-refractivity contribution in [2.24, 2.45) is 0 Å². The Hall–Kier alpha value is -2.33. The Labute approximate surface area is 229 Å². The van der Waals surface area contributed by atoms with Gasteiger partial charge in [0.05, 0.1) is 0 Å². The van der Waals surface area contributed by atoms with E-state index < -0.39 is 23.2 Å². The number of aryl methyl sites for hydroxylation is 2. The van der Waals surface area contributed by atoms with Gasteiger partial charge in [-0.15, -0.1) is 0 Å². The van der Waals surface area contributed by atoms with Crippen LogP contribution in [0.2, 0.25) is 0 Å². The van der Waals surface area contributed by atoms with Crippen molar-refractivity contribution in [3.63, 3.8) is 0 Å². The van der Waals surface area contributed by atoms with Crippen LogP contribution in [0.3, 0.4) is 0 Å². The van der Waals surface area contributed by atoms with E-state index in [0.717, 1.165) is 20.1 Å². The number of hydrogen-bond donors (Lipinski definition) is 0. The molecule has 2 unspecified atom stereocenters. The quantitative estimate of drug-likeness (QED) is 0.205. The van der Waals surface area contributed by atoms with E-state index >= 15 is 0 Å². The molecule has 0 saturated heterocycles. The molecule has 178 valence electrons. The first-order chi connectivity index (χ1) is 17.7. The normalized spacial score (nSPS) is 17.1. The SMILES string of the molecule is CP(C)C1=Cc2ccccc2[CH]1[Zr][CH]1C=Cc2ccccc21.c1ccc(CCc2ccccc2)cc1. The molecule has 2 heteroatoms. The van der Waals surface area contributed by atoms with E-state index in [1.807, 2.05) is 0 Å². The van der Waals surface area contributed by atoms with Crippen LogP contribution < -0.4 is 0 Å². The van der Waals surface area contributed by atoms with Gasteiger partial charge in [0.2, 0.25) is 0 Å². The molecule has 6 rings (SSSR count). The molecule has 0 bridgehead atoms. The standard InChI is InChI=1S/C14H14.C11H12P.C9H7.Zr/c1-3-7-13(8-4-1)11-12-14-9-5-2-6-10-14;1-12(2)11-7-9-5-3-4-6-10(9)8-11;1-2-5-9-7-3-6-8(9)4-1;/h1-10H,11-12H2;3-8H,1-2H3;1-7H;. The summed E-state index contributed by atoms with van der Waals surface area (Å²) in [4.78, 5) is 0. The molecule has 2 aliphatic carbocycles. The van der Waals surface area contributed by atoms with Crippen molar-refractivity contribution in [3.05, 3.63) is 154 Å². The predicted molar refractivity (Wildman–Crippen MR) is 154 cm³/mol. The first-order valence-electron chi connectivity index (χ1n) is 12.8. The summed E-state index contributed by atoms with van der Waals surface area (Å²) in [6.07, 6.45) is 9.57. The third-order valence-electron chi connectivity index (χ3n) is 6.96. The van der Waals surface area contributed by atoms with E-state index in [0.29, 0.717) is 0 Å². The minimum atomic E-state index is -0.615. The van der Waals surface area contributed by atoms with Gasteiger partial charge < -0.3 is 0 Å². The van der Waals surface area contributed by atoms with E-state index in [9.17, 15) is 0 Å². The molecule has 0 aliphatic heterocycles. The minimum Gasteiger partial charge on any atom is -0.0622 e. The molecule has 2 atom stereocenters. The fourth-order valence-electron chi connectivity index (χ4n) is 5.02. The molecule has 0 nitrogen and oxygen atoms in total. The summed E-state index contributed by atoms with van der Waals surface area (Å²) in [6, 6.07) is 39.3. The summed E-state index contributed by atoms with van der Waals surface area (Å²) in [5.74, 6) is 0. The van der Waals surface area contributed by atoms with Crippen LogP contribution in [-0.2, 0) is 36.1 Å². The Balaban J connectivity index is 0.000000165. The van der Waals surface area contributed by atoms with Crippen LogP contribution in [-0.4, -0.2) is 13.3 Å². The summed E-state index contributed by atoms with van der Waals surface area (Å²) < 4.78 is 1.50. The number of hydrogen-bond acceptors (Lipinski definition) is 0. The number of fused-ring (bicyclic) bond motifs is 2. The monoisotopic (exact) mass is 562 g/mol. The van der Waals surface area contributed by atoms with Crippen molar-refractivity contribution in [2.75, 3.05) is 13.3 Å². The third-order valence-corrected chi connectivity index (χ3v) is 13.4. The van der Waals surface area contributed by atoms with Crippen LogP contribution in [0, 0.1) is 0 Å². The zero-order valence-electron chi connectivity index (χ0n) is 21.1. The minimum absolute atomic E-state index is 0.00476. The topological polar surface area (TPSA) is 0 Å². The molecule has 0 amide bonds. The van der Waals surface area contributed by atoms with Gasteiger partial charge in [-0.3, -0.25) is 0 Å². The van der Waals surface area contributed by atoms with Gasteiger partial charge in [-0.2, -0.15) is 0 Å². The molecular weight excluding hydrogens is 531 g/mol. The van der Waals surface area contributed by atoms with Gasteiger partial charge in [0, 0.05) is 0 Å². The zero-order valence-corrected chi connectivity index (χ0v) is 24.5. The molecule has 0 saturated carbocycles. The number of rotatable bonds is 6. The molecule has 0 aromatic heterocycles. The largest absolute Gasteiger partial charge is 0.0622 e. The van der Waals surface area contributed by atoms with Gasteiger partial charge in [0.15, 0.2) is 0 Å². The van der Waals surface area contributed by atoms with Gasteiger partial charge in [-0.25, -0.2) is 0 Å². The van der Waals surface area contributed by atoms with E-state index in [4.69, 9.17) is 0 Å². The summed E-state index contributed by atoms with van der Waals surface area (Å²) in [5.41, 5.74) is 8.94. The number of benzene rings is 4. The molecule has 2 aliphatic rings. The van der Waals surface area contributed by atoms with E-state index in [1.54, 1.807) is 16.4 Å². The van der Waals surface area contributed by atoms with Gasteiger partial charge >= 0.3 is 146 Å². The Morgan fingerprint density at radius 2 is 1.14 bits per heavy atom. The summed E-state index contributed by atoms with van der Waals surface area (Å²) >= 11 is -0.615. The summed E-state index contributed by atoms with van der Waals surface area (Å²) in [5, 5.41) is 1.74. The van der Waals surface area contributed by atoms with Crippen LogP contribution >= 0.6 is 7.92 Å². The Kier molecular flexibility index (Phi) is 8.64. The molecule has 36 heavy (non-hydrogen) atoms. The average molecular weight is 564 g/mol. The zero-order chi connectivity index (χ0) is 24.7. The number of allylic oxidation sites excluding steroid dienone is 2. The van der Waals surface area contributed by atoms with E-state index in [1.165, 1.54) is 22.3 Å². The molecular formula is C34H33PZr. The smallest absolute Gasteiger partial charge is 0.0238 e. The van der Waals surface area contributed by atoms with Crippen LogP contribution in [0.25, 0.3) is 12.2 Å². The molecule has 0 spiro atoms. The van der Waals surface area contributed by atoms with Crippen molar-refractivity contribution in [3.8, 4) is 0 Å². The Morgan fingerprint density at radius 1 is 0.611 bits per heavy atom. The molecule has 0 N–H and O–H groups in total. The average Bonchev–Trinajstić information content (AvgIpc) is 3.51. The second kappa shape index (κ2) is 12.3. The third kappa shape index (κ3) is 6.14. The predicted octanol–water partition coefficient (Wildman–Crippen LogP) is 9.15. The maximum atomic E-state index is 2.50. The molecule has 4 aromatic carbocycles. The molecule has 0 fully saturated rings. The van der Waals surface area contributed by atoms with Crippen LogP contribution in [0.4, 0.5) is 0 Å². The van der Waals surface area contributed by atoms with Crippen molar-refractivity contribution in [2.45, 2.75) is 20.1 Å². The maximum Gasteiger partial charge on any atom is -0.0238 e. The molecule has 0 radical (unpaired) electrons. The van der Waals surface area contributed by atoms with E-state index in [2.05, 4.69) is 141 Å². The second-order valence-corrected chi connectivity index (χ2v) is 15.7. The van der Waals surface area contributed by atoms with Crippen molar-refractivity contribution in [1.29, 1.82) is 0 Å². The second-order valence-electron chi connectivity index (χ2n) is 9.63. The van der Waals surface area contributed by atoms with Crippen LogP contribution in [0.1, 0.15) is 40.6 Å². The molecule has 4 aromatic rings. The van der Waals surface area contributed by atoms with E-state index in [-0.39, 0.29) is 7.92 Å². The fraction of sp³-hybridized carbons (Fsp3) is 0.176. The van der Waals surface area contributed by atoms with Crippen molar-refractivity contribution < 1.29 is 23.2 Å².